The lowest BCUT2D eigenvalue weighted by Gasteiger charge is -2.13. The Morgan fingerprint density at radius 2 is 2.00 bits per heavy atom. The first-order chi connectivity index (χ1) is 12.0. The van der Waals surface area contributed by atoms with Gasteiger partial charge in [0.15, 0.2) is 5.70 Å². The molecule has 0 saturated carbocycles. The minimum Gasteiger partial charge on any atom is -0.402 e. The third-order valence-corrected chi connectivity index (χ3v) is 4.08. The quantitative estimate of drug-likeness (QED) is 0.415. The molecule has 0 aliphatic carbocycles. The molecule has 2 N–H and O–H groups in total. The number of primary amides is 1. The minimum absolute atomic E-state index is 0.224. The highest BCUT2D eigenvalue weighted by molar-refractivity contribution is 6.34. The molecule has 0 fully saturated rings. The Morgan fingerprint density at radius 3 is 2.72 bits per heavy atom. The number of unbranched alkanes of at least 4 members (excludes halogenated alkanes) is 3. The first-order valence-corrected chi connectivity index (χ1v) is 8.61. The van der Waals surface area contributed by atoms with Crippen LogP contribution in [0.4, 0.5) is 0 Å². The monoisotopic (exact) mass is 363 g/mol. The van der Waals surface area contributed by atoms with Crippen molar-refractivity contribution in [3.05, 3.63) is 46.7 Å². The zero-order chi connectivity index (χ0) is 18.2. The Morgan fingerprint density at radius 1 is 1.28 bits per heavy atom. The predicted octanol–water partition coefficient (Wildman–Crippen LogP) is 2.85. The van der Waals surface area contributed by atoms with Crippen LogP contribution in [0, 0.1) is 0 Å². The minimum atomic E-state index is -0.483. The highest BCUT2D eigenvalue weighted by Crippen LogP contribution is 2.22. The van der Waals surface area contributed by atoms with Crippen LogP contribution < -0.4 is 5.73 Å². The van der Waals surface area contributed by atoms with Crippen LogP contribution in [-0.4, -0.2) is 36.3 Å². The lowest BCUT2D eigenvalue weighted by molar-refractivity contribution is -0.130. The summed E-state index contributed by atoms with van der Waals surface area (Å²) in [5.74, 6) is -0.515. The van der Waals surface area contributed by atoms with Gasteiger partial charge in [-0.2, -0.15) is 0 Å². The molecular weight excluding hydrogens is 342 g/mol. The summed E-state index contributed by atoms with van der Waals surface area (Å²) in [5.41, 5.74) is 5.95. The summed E-state index contributed by atoms with van der Waals surface area (Å²) in [4.78, 5) is 28.8. The molecule has 1 aliphatic heterocycles. The number of hydrogen-bond donors (Lipinski definition) is 1. The predicted molar refractivity (Wildman–Crippen MR) is 97.1 cm³/mol. The van der Waals surface area contributed by atoms with Crippen molar-refractivity contribution in [3.8, 4) is 0 Å². The molecule has 0 unspecified atom stereocenters. The first-order valence-electron chi connectivity index (χ1n) is 8.23. The zero-order valence-corrected chi connectivity index (χ0v) is 15.0. The van der Waals surface area contributed by atoms with Crippen molar-refractivity contribution in [3.63, 3.8) is 0 Å². The van der Waals surface area contributed by atoms with Crippen LogP contribution >= 0.6 is 11.6 Å². The number of nitrogens with zero attached hydrogens (tertiary/aromatic N) is 2. The van der Waals surface area contributed by atoms with E-state index in [1.54, 1.807) is 24.4 Å². The van der Waals surface area contributed by atoms with Crippen LogP contribution in [-0.2, 0) is 14.3 Å². The molecule has 2 rings (SSSR count). The molecule has 0 saturated heterocycles. The number of nitrogens with two attached hydrogens (primary N) is 1. The number of cyclic esters (lactones) is 1. The number of rotatable bonds is 9. The van der Waals surface area contributed by atoms with E-state index in [2.05, 4.69) is 4.99 Å². The summed E-state index contributed by atoms with van der Waals surface area (Å²) in [5, 5.41) is 0.486. The van der Waals surface area contributed by atoms with Gasteiger partial charge in [0.05, 0.1) is 10.6 Å². The number of carbonyl (C=O) groups is 2. The highest BCUT2D eigenvalue weighted by atomic mass is 35.5. The van der Waals surface area contributed by atoms with Crippen molar-refractivity contribution >= 4 is 29.4 Å². The van der Waals surface area contributed by atoms with Crippen LogP contribution in [0.5, 0.6) is 0 Å². The van der Waals surface area contributed by atoms with E-state index in [0.717, 1.165) is 32.2 Å². The van der Waals surface area contributed by atoms with E-state index in [0.29, 0.717) is 17.0 Å². The number of halogens is 1. The van der Waals surface area contributed by atoms with Crippen LogP contribution in [0.2, 0.25) is 5.02 Å². The van der Waals surface area contributed by atoms with Crippen molar-refractivity contribution in [1.29, 1.82) is 0 Å². The summed E-state index contributed by atoms with van der Waals surface area (Å²) < 4.78 is 5.21. The molecule has 134 valence electrons. The molecular formula is C18H22ClN3O3. The average molecular weight is 364 g/mol. The standard InChI is InChI=1S/C18H22ClN3O3/c1-22(11-7-3-2-4-10-16(20)23)12-15-18(24)25-17(21-15)13-8-5-6-9-14(13)19/h5-6,8-9,12H,2-4,7,10-11H2,1H3,(H2,20,23). The van der Waals surface area contributed by atoms with E-state index in [1.807, 2.05) is 18.0 Å². The van der Waals surface area contributed by atoms with E-state index in [1.165, 1.54) is 0 Å². The second-order valence-electron chi connectivity index (χ2n) is 5.91. The summed E-state index contributed by atoms with van der Waals surface area (Å²) in [7, 11) is 1.88. The zero-order valence-electron chi connectivity index (χ0n) is 14.2. The third kappa shape index (κ3) is 5.90. The molecule has 1 amide bonds. The molecule has 0 aromatic heterocycles. The fraction of sp³-hybridized carbons (Fsp3) is 0.389. The van der Waals surface area contributed by atoms with Gasteiger partial charge in [0, 0.05) is 26.2 Å². The van der Waals surface area contributed by atoms with Gasteiger partial charge in [-0.3, -0.25) is 4.79 Å². The van der Waals surface area contributed by atoms with E-state index < -0.39 is 5.97 Å². The van der Waals surface area contributed by atoms with E-state index in [9.17, 15) is 9.59 Å². The summed E-state index contributed by atoms with van der Waals surface area (Å²) in [6.45, 7) is 0.782. The van der Waals surface area contributed by atoms with Gasteiger partial charge in [-0.25, -0.2) is 9.79 Å². The van der Waals surface area contributed by atoms with Gasteiger partial charge in [-0.1, -0.05) is 36.6 Å². The number of esters is 1. The number of aliphatic imine (C=N–C) groups is 1. The number of amides is 1. The SMILES string of the molecule is CN(C=C1N=C(c2ccccc2Cl)OC1=O)CCCCCCC(N)=O. The van der Waals surface area contributed by atoms with E-state index >= 15 is 0 Å². The van der Waals surface area contributed by atoms with Gasteiger partial charge >= 0.3 is 5.97 Å². The molecule has 1 heterocycles. The lowest BCUT2D eigenvalue weighted by Crippen LogP contribution is -2.14. The Bertz CT molecular complexity index is 701. The summed E-state index contributed by atoms with van der Waals surface area (Å²) in [6.07, 6.45) is 5.84. The Kier molecular flexibility index (Phi) is 7.01. The number of benzene rings is 1. The van der Waals surface area contributed by atoms with Crippen molar-refractivity contribution < 1.29 is 14.3 Å². The molecule has 6 nitrogen and oxygen atoms in total. The topological polar surface area (TPSA) is 85.0 Å². The molecule has 1 aromatic rings. The molecule has 0 radical (unpaired) electrons. The Labute approximate surface area is 152 Å². The fourth-order valence-electron chi connectivity index (χ4n) is 2.44. The molecule has 0 spiro atoms. The van der Waals surface area contributed by atoms with Crippen LogP contribution in [0.3, 0.4) is 0 Å². The molecule has 1 aliphatic rings. The largest absolute Gasteiger partial charge is 0.402 e. The van der Waals surface area contributed by atoms with Gasteiger partial charge in [0.1, 0.15) is 0 Å². The second-order valence-corrected chi connectivity index (χ2v) is 6.32. The van der Waals surface area contributed by atoms with Gasteiger partial charge in [0.25, 0.3) is 0 Å². The summed E-state index contributed by atoms with van der Waals surface area (Å²) in [6, 6.07) is 7.09. The number of hydrogen-bond acceptors (Lipinski definition) is 5. The fourth-order valence-corrected chi connectivity index (χ4v) is 2.65. The molecule has 0 bridgehead atoms. The van der Waals surface area contributed by atoms with Crippen molar-refractivity contribution in [1.82, 2.24) is 4.90 Å². The van der Waals surface area contributed by atoms with Gasteiger partial charge in [0.2, 0.25) is 11.8 Å². The van der Waals surface area contributed by atoms with Gasteiger partial charge < -0.3 is 15.4 Å². The summed E-state index contributed by atoms with van der Waals surface area (Å²) >= 11 is 6.10. The van der Waals surface area contributed by atoms with Gasteiger partial charge in [-0.05, 0) is 25.0 Å². The van der Waals surface area contributed by atoms with Crippen molar-refractivity contribution in [2.45, 2.75) is 32.1 Å². The van der Waals surface area contributed by atoms with Crippen molar-refractivity contribution in [2.24, 2.45) is 10.7 Å². The maximum atomic E-state index is 12.0. The normalized spacial score (nSPS) is 15.2. The maximum absolute atomic E-state index is 12.0. The molecule has 7 heteroatoms. The smallest absolute Gasteiger partial charge is 0.365 e. The average Bonchev–Trinajstić information content (AvgIpc) is 2.91. The lowest BCUT2D eigenvalue weighted by atomic mass is 10.1. The van der Waals surface area contributed by atoms with Crippen LogP contribution in [0.15, 0.2) is 41.2 Å². The maximum Gasteiger partial charge on any atom is 0.365 e. The highest BCUT2D eigenvalue weighted by Gasteiger charge is 2.25. The Hall–Kier alpha value is -2.34. The van der Waals surface area contributed by atoms with Crippen LogP contribution in [0.25, 0.3) is 0 Å². The van der Waals surface area contributed by atoms with Gasteiger partial charge in [-0.15, -0.1) is 0 Å². The van der Waals surface area contributed by atoms with E-state index in [4.69, 9.17) is 22.1 Å². The molecule has 1 aromatic carbocycles. The molecule has 0 atom stereocenters. The van der Waals surface area contributed by atoms with E-state index in [-0.39, 0.29) is 17.5 Å². The Balaban J connectivity index is 1.86. The third-order valence-electron chi connectivity index (χ3n) is 3.75. The second kappa shape index (κ2) is 9.22. The number of ether oxygens (including phenoxy) is 1. The number of carbonyl (C=O) groups excluding carboxylic acids is 2. The molecule has 25 heavy (non-hydrogen) atoms. The first kappa shape index (κ1) is 19.0. The van der Waals surface area contributed by atoms with Crippen LogP contribution in [0.1, 0.15) is 37.7 Å². The van der Waals surface area contributed by atoms with Crippen molar-refractivity contribution in [2.75, 3.05) is 13.6 Å².